The second-order valence-electron chi connectivity index (χ2n) is 8.44. The van der Waals surface area contributed by atoms with Gasteiger partial charge in [0.05, 0.1) is 5.75 Å². The van der Waals surface area contributed by atoms with Crippen LogP contribution in [-0.2, 0) is 15.8 Å². The second-order valence-corrected chi connectivity index (χ2v) is 10.2. The zero-order valence-corrected chi connectivity index (χ0v) is 19.7. The Morgan fingerprint density at radius 2 is 1.03 bits per heavy atom. The molecule has 0 aliphatic heterocycles. The van der Waals surface area contributed by atoms with Gasteiger partial charge in [-0.2, -0.15) is 0 Å². The minimum atomic E-state index is -3.21. The van der Waals surface area contributed by atoms with Gasteiger partial charge in [-0.15, -0.1) is 0 Å². The molecule has 4 heteroatoms. The van der Waals surface area contributed by atoms with Crippen LogP contribution in [0.2, 0.25) is 0 Å². The van der Waals surface area contributed by atoms with E-state index >= 15 is 0 Å². The largest absolute Gasteiger partial charge is 0.215 e. The number of rotatable bonds is 20. The SMILES string of the molecule is CCCCCCCCCCCCCCCCCCNS(=O)(=O)Cc1ccccc1. The van der Waals surface area contributed by atoms with Crippen molar-refractivity contribution in [3.05, 3.63) is 35.9 Å². The molecule has 0 unspecified atom stereocenters. The third kappa shape index (κ3) is 16.6. The Labute approximate surface area is 181 Å². The van der Waals surface area contributed by atoms with Gasteiger partial charge >= 0.3 is 0 Å². The lowest BCUT2D eigenvalue weighted by Crippen LogP contribution is -2.26. The highest BCUT2D eigenvalue weighted by molar-refractivity contribution is 7.88. The van der Waals surface area contributed by atoms with E-state index in [-0.39, 0.29) is 5.75 Å². The highest BCUT2D eigenvalue weighted by Gasteiger charge is 2.10. The molecule has 1 aromatic rings. The van der Waals surface area contributed by atoms with E-state index in [0.29, 0.717) is 6.54 Å². The topological polar surface area (TPSA) is 46.2 Å². The minimum absolute atomic E-state index is 0.0761. The van der Waals surface area contributed by atoms with Crippen LogP contribution in [0.15, 0.2) is 30.3 Å². The van der Waals surface area contributed by atoms with E-state index in [0.717, 1.165) is 18.4 Å². The Hall–Kier alpha value is -0.870. The number of hydrogen-bond donors (Lipinski definition) is 1. The van der Waals surface area contributed by atoms with Crippen molar-refractivity contribution in [3.63, 3.8) is 0 Å². The van der Waals surface area contributed by atoms with E-state index < -0.39 is 10.0 Å². The Morgan fingerprint density at radius 3 is 1.48 bits per heavy atom. The van der Waals surface area contributed by atoms with Crippen molar-refractivity contribution in [2.24, 2.45) is 0 Å². The van der Waals surface area contributed by atoms with Gasteiger partial charge in [0, 0.05) is 6.54 Å². The molecule has 0 amide bonds. The fourth-order valence-electron chi connectivity index (χ4n) is 3.75. The fraction of sp³-hybridized carbons (Fsp3) is 0.760. The molecule has 0 heterocycles. The van der Waals surface area contributed by atoms with Gasteiger partial charge in [0.15, 0.2) is 0 Å². The van der Waals surface area contributed by atoms with E-state index in [2.05, 4.69) is 11.6 Å². The van der Waals surface area contributed by atoms with Gasteiger partial charge in [0.25, 0.3) is 0 Å². The van der Waals surface area contributed by atoms with Crippen LogP contribution < -0.4 is 4.72 Å². The summed E-state index contributed by atoms with van der Waals surface area (Å²) in [5.74, 6) is 0.0761. The van der Waals surface area contributed by atoms with E-state index in [1.807, 2.05) is 30.3 Å². The molecule has 0 bridgehead atoms. The van der Waals surface area contributed by atoms with Crippen molar-refractivity contribution in [2.45, 2.75) is 115 Å². The highest BCUT2D eigenvalue weighted by Crippen LogP contribution is 2.13. The normalized spacial score (nSPS) is 11.8. The van der Waals surface area contributed by atoms with Crippen LogP contribution in [0.3, 0.4) is 0 Å². The van der Waals surface area contributed by atoms with Gasteiger partial charge in [0.2, 0.25) is 10.0 Å². The Bertz CT molecular complexity index is 572. The third-order valence-electron chi connectivity index (χ3n) is 5.55. The van der Waals surface area contributed by atoms with Crippen molar-refractivity contribution in [2.75, 3.05) is 6.54 Å². The van der Waals surface area contributed by atoms with Crippen LogP contribution in [-0.4, -0.2) is 15.0 Å². The highest BCUT2D eigenvalue weighted by atomic mass is 32.2. The van der Waals surface area contributed by atoms with E-state index in [1.54, 1.807) is 0 Å². The molecule has 1 N–H and O–H groups in total. The molecule has 0 aliphatic carbocycles. The first-order valence-corrected chi connectivity index (χ1v) is 13.8. The van der Waals surface area contributed by atoms with Gasteiger partial charge in [-0.3, -0.25) is 0 Å². The van der Waals surface area contributed by atoms with E-state index in [4.69, 9.17) is 0 Å². The quantitative estimate of drug-likeness (QED) is 0.223. The summed E-state index contributed by atoms with van der Waals surface area (Å²) in [6.45, 7) is 2.84. The van der Waals surface area contributed by atoms with E-state index in [1.165, 1.54) is 89.9 Å². The van der Waals surface area contributed by atoms with Gasteiger partial charge in [0.1, 0.15) is 0 Å². The molecule has 0 aliphatic rings. The summed E-state index contributed by atoms with van der Waals surface area (Å²) >= 11 is 0. The molecular formula is C25H45NO2S. The Kier molecular flexibility index (Phi) is 16.2. The average molecular weight is 424 g/mol. The number of nitrogens with one attached hydrogen (secondary N) is 1. The molecular weight excluding hydrogens is 378 g/mol. The first-order chi connectivity index (χ1) is 14.1. The number of sulfonamides is 1. The summed E-state index contributed by atoms with van der Waals surface area (Å²) < 4.78 is 26.8. The lowest BCUT2D eigenvalue weighted by Gasteiger charge is -2.07. The van der Waals surface area contributed by atoms with Crippen molar-refractivity contribution in [1.29, 1.82) is 0 Å². The molecule has 0 aromatic heterocycles. The van der Waals surface area contributed by atoms with Gasteiger partial charge in [-0.1, -0.05) is 134 Å². The number of benzene rings is 1. The lowest BCUT2D eigenvalue weighted by atomic mass is 10.0. The fourth-order valence-corrected chi connectivity index (χ4v) is 4.93. The zero-order valence-electron chi connectivity index (χ0n) is 18.8. The van der Waals surface area contributed by atoms with Crippen LogP contribution in [0.4, 0.5) is 0 Å². The van der Waals surface area contributed by atoms with Crippen LogP contribution in [0, 0.1) is 0 Å². The summed E-state index contributed by atoms with van der Waals surface area (Å²) in [5.41, 5.74) is 0.840. The van der Waals surface area contributed by atoms with Gasteiger partial charge < -0.3 is 0 Å². The van der Waals surface area contributed by atoms with E-state index in [9.17, 15) is 8.42 Å². The molecule has 0 spiro atoms. The summed E-state index contributed by atoms with van der Waals surface area (Å²) in [5, 5.41) is 0. The molecule has 168 valence electrons. The molecule has 0 saturated heterocycles. The van der Waals surface area contributed by atoms with Crippen LogP contribution in [0.5, 0.6) is 0 Å². The van der Waals surface area contributed by atoms with Crippen molar-refractivity contribution in [1.82, 2.24) is 4.72 Å². The van der Waals surface area contributed by atoms with Gasteiger partial charge in [-0.05, 0) is 12.0 Å². The van der Waals surface area contributed by atoms with Crippen molar-refractivity contribution < 1.29 is 8.42 Å². The Balaban J connectivity index is 1.82. The molecule has 0 saturated carbocycles. The van der Waals surface area contributed by atoms with Crippen molar-refractivity contribution in [3.8, 4) is 0 Å². The maximum atomic E-state index is 12.0. The Morgan fingerprint density at radius 1 is 0.621 bits per heavy atom. The summed E-state index contributed by atoms with van der Waals surface area (Å²) in [7, 11) is -3.21. The predicted molar refractivity (Wildman–Crippen MR) is 127 cm³/mol. The molecule has 29 heavy (non-hydrogen) atoms. The first kappa shape index (κ1) is 26.2. The van der Waals surface area contributed by atoms with Crippen LogP contribution >= 0.6 is 0 Å². The maximum Gasteiger partial charge on any atom is 0.215 e. The first-order valence-electron chi connectivity index (χ1n) is 12.2. The zero-order chi connectivity index (χ0) is 21.0. The third-order valence-corrected chi connectivity index (χ3v) is 6.91. The van der Waals surface area contributed by atoms with Crippen molar-refractivity contribution >= 4 is 10.0 Å². The smallest absolute Gasteiger partial charge is 0.215 e. The summed E-state index contributed by atoms with van der Waals surface area (Å²) in [4.78, 5) is 0. The maximum absolute atomic E-state index is 12.0. The van der Waals surface area contributed by atoms with Crippen LogP contribution in [0.1, 0.15) is 115 Å². The molecule has 0 radical (unpaired) electrons. The summed E-state index contributed by atoms with van der Waals surface area (Å²) in [6, 6.07) is 9.36. The predicted octanol–water partition coefficient (Wildman–Crippen LogP) is 7.37. The molecule has 1 aromatic carbocycles. The monoisotopic (exact) mass is 423 g/mol. The molecule has 3 nitrogen and oxygen atoms in total. The second kappa shape index (κ2) is 17.9. The standard InChI is InChI=1S/C25H45NO2S/c1-2-3-4-5-6-7-8-9-10-11-12-13-14-15-16-20-23-26-29(27,28)24-25-21-18-17-19-22-25/h17-19,21-22,26H,2-16,20,23-24H2,1H3. The number of hydrogen-bond acceptors (Lipinski definition) is 2. The number of unbranched alkanes of at least 4 members (excludes halogenated alkanes) is 15. The molecule has 0 fully saturated rings. The summed E-state index contributed by atoms with van der Waals surface area (Å²) in [6.07, 6.45) is 21.3. The molecule has 0 atom stereocenters. The average Bonchev–Trinajstić information content (AvgIpc) is 2.70. The molecule has 1 rings (SSSR count). The van der Waals surface area contributed by atoms with Gasteiger partial charge in [-0.25, -0.2) is 13.1 Å². The lowest BCUT2D eigenvalue weighted by molar-refractivity contribution is 0.528. The van der Waals surface area contributed by atoms with Crippen LogP contribution in [0.25, 0.3) is 0 Å². The minimum Gasteiger partial charge on any atom is -0.215 e.